The van der Waals surface area contributed by atoms with E-state index in [2.05, 4.69) is 44.3 Å². The molecule has 0 saturated carbocycles. The molecule has 3 atom stereocenters. The maximum atomic E-state index is 13.2. The van der Waals surface area contributed by atoms with Gasteiger partial charge in [-0.05, 0) is 44.9 Å². The van der Waals surface area contributed by atoms with Crippen LogP contribution in [0.25, 0.3) is 0 Å². The zero-order valence-corrected chi connectivity index (χ0v) is 41.4. The van der Waals surface area contributed by atoms with Gasteiger partial charge in [-0.15, -0.1) is 0 Å². The van der Waals surface area contributed by atoms with Crippen LogP contribution in [-0.4, -0.2) is 46.9 Å². The summed E-state index contributed by atoms with van der Waals surface area (Å²) in [5.41, 5.74) is 0. The van der Waals surface area contributed by atoms with Gasteiger partial charge in [-0.2, -0.15) is 0 Å². The molecule has 0 aromatic carbocycles. The third-order valence-electron chi connectivity index (χ3n) is 11.9. The molecule has 0 rings (SSSR count). The zero-order chi connectivity index (χ0) is 45.9. The first-order valence-electron chi connectivity index (χ1n) is 26.7. The monoisotopic (exact) mass is 880 g/mol. The molecule has 0 bridgehead atoms. The van der Waals surface area contributed by atoms with Crippen LogP contribution in [0.3, 0.4) is 0 Å². The van der Waals surface area contributed by atoms with Gasteiger partial charge in [0, 0.05) is 12.8 Å². The fourth-order valence-electron chi connectivity index (χ4n) is 7.86. The molecule has 0 aromatic heterocycles. The number of amides is 1. The molecule has 3 N–H and O–H groups in total. The van der Waals surface area contributed by atoms with E-state index in [-0.39, 0.29) is 24.9 Å². The number of nitrogens with one attached hydrogen (secondary N) is 1. The Morgan fingerprint density at radius 2 is 0.889 bits per heavy atom. The summed E-state index contributed by atoms with van der Waals surface area (Å²) in [7, 11) is 0. The van der Waals surface area contributed by atoms with Crippen LogP contribution in [0, 0.1) is 0 Å². The molecule has 63 heavy (non-hydrogen) atoms. The number of carbonyl (C=O) groups is 2. The predicted octanol–water partition coefficient (Wildman–Crippen LogP) is 16.2. The number of hydrogen-bond donors (Lipinski definition) is 3. The molecule has 3 unspecified atom stereocenters. The lowest BCUT2D eigenvalue weighted by Crippen LogP contribution is -2.46. The highest BCUT2D eigenvalue weighted by Gasteiger charge is 2.23. The molecule has 0 aliphatic heterocycles. The Kier molecular flexibility index (Phi) is 48.1. The minimum absolute atomic E-state index is 0.0232. The molecule has 0 aliphatic carbocycles. The summed E-state index contributed by atoms with van der Waals surface area (Å²) in [6, 6.07) is -0.743. The molecular weight excluding hydrogens is 779 g/mol. The molecule has 6 heteroatoms. The van der Waals surface area contributed by atoms with E-state index in [0.717, 1.165) is 57.8 Å². The minimum Gasteiger partial charge on any atom is -0.461 e. The zero-order valence-electron chi connectivity index (χ0n) is 41.4. The van der Waals surface area contributed by atoms with E-state index in [1.807, 2.05) is 54.7 Å². The van der Waals surface area contributed by atoms with E-state index in [4.69, 9.17) is 4.74 Å². The average molecular weight is 880 g/mol. The molecule has 6 nitrogen and oxygen atoms in total. The standard InChI is InChI=1S/C57H101NO5/c1-4-7-10-13-16-19-22-24-26-27-28-30-32-35-38-41-44-47-50-57(62)63-53(48-45-42-39-36-33-21-18-15-12-9-6-3)51-56(61)58-54(52-59)55(60)49-46-43-40-37-34-31-29-25-23-20-17-14-11-8-5-2/h9,12,15,18,21,28,30,33,36,39,42,45,53-55,59-60H,4-8,10-11,13-14,16-17,19-20,22-27,29,31-32,34-35,37-38,40-41,43-44,46-52H2,1-3H3,(H,58,61)/b12-9+,18-15+,30-28+,33-21-,39-36-,45-42+. The van der Waals surface area contributed by atoms with Gasteiger partial charge >= 0.3 is 5.97 Å². The Bertz CT molecular complexity index is 1170. The van der Waals surface area contributed by atoms with E-state index in [1.165, 1.54) is 148 Å². The molecule has 0 radical (unpaired) electrons. The Morgan fingerprint density at radius 3 is 1.33 bits per heavy atom. The SMILES string of the molecule is CC/C=C/C=C/C=C\C=C/C=C/CC(CC(=O)NC(CO)C(O)CCCCCCCCCCCCCCCCC)OC(=O)CCCCCCC/C=C/CCCCCCCCCCC. The van der Waals surface area contributed by atoms with Crippen LogP contribution in [-0.2, 0) is 14.3 Å². The molecule has 0 fully saturated rings. The van der Waals surface area contributed by atoms with Crippen LogP contribution in [0.2, 0.25) is 0 Å². The molecular formula is C57H101NO5. The van der Waals surface area contributed by atoms with Gasteiger partial charge in [-0.3, -0.25) is 9.59 Å². The maximum Gasteiger partial charge on any atom is 0.306 e. The normalized spacial score (nSPS) is 13.8. The first-order valence-corrected chi connectivity index (χ1v) is 26.7. The van der Waals surface area contributed by atoms with Gasteiger partial charge in [-0.1, -0.05) is 261 Å². The van der Waals surface area contributed by atoms with Gasteiger partial charge in [0.05, 0.1) is 25.2 Å². The van der Waals surface area contributed by atoms with Crippen molar-refractivity contribution in [1.29, 1.82) is 0 Å². The number of carbonyl (C=O) groups excluding carboxylic acids is 2. The third-order valence-corrected chi connectivity index (χ3v) is 11.9. The van der Waals surface area contributed by atoms with Gasteiger partial charge in [0.15, 0.2) is 0 Å². The highest BCUT2D eigenvalue weighted by atomic mass is 16.5. The summed E-state index contributed by atoms with van der Waals surface area (Å²) >= 11 is 0. The van der Waals surface area contributed by atoms with Crippen molar-refractivity contribution in [2.45, 2.75) is 270 Å². The summed E-state index contributed by atoms with van der Waals surface area (Å²) in [5.74, 6) is -0.615. The van der Waals surface area contributed by atoms with Crippen LogP contribution in [0.5, 0.6) is 0 Å². The second-order valence-electron chi connectivity index (χ2n) is 18.0. The van der Waals surface area contributed by atoms with E-state index < -0.39 is 18.2 Å². The van der Waals surface area contributed by atoms with Crippen molar-refractivity contribution < 1.29 is 24.5 Å². The summed E-state index contributed by atoms with van der Waals surface area (Å²) in [4.78, 5) is 26.1. The van der Waals surface area contributed by atoms with Crippen LogP contribution in [0.15, 0.2) is 72.9 Å². The van der Waals surface area contributed by atoms with Gasteiger partial charge in [-0.25, -0.2) is 0 Å². The van der Waals surface area contributed by atoms with Crippen molar-refractivity contribution in [1.82, 2.24) is 5.32 Å². The molecule has 0 aliphatic rings. The topological polar surface area (TPSA) is 95.9 Å². The second kappa shape index (κ2) is 50.3. The Balaban J connectivity index is 4.59. The van der Waals surface area contributed by atoms with E-state index in [1.54, 1.807) is 0 Å². The number of aliphatic hydroxyl groups is 2. The maximum absolute atomic E-state index is 13.2. The van der Waals surface area contributed by atoms with Crippen LogP contribution in [0.1, 0.15) is 252 Å². The lowest BCUT2D eigenvalue weighted by Gasteiger charge is -2.24. The molecule has 364 valence electrons. The molecule has 0 aromatic rings. The van der Waals surface area contributed by atoms with Crippen molar-refractivity contribution in [3.63, 3.8) is 0 Å². The number of ether oxygens (including phenoxy) is 1. The predicted molar refractivity (Wildman–Crippen MR) is 273 cm³/mol. The first kappa shape index (κ1) is 60.3. The Labute approximate surface area is 390 Å². The Morgan fingerprint density at radius 1 is 0.492 bits per heavy atom. The lowest BCUT2D eigenvalue weighted by atomic mass is 10.0. The number of unbranched alkanes of at least 4 members (excludes halogenated alkanes) is 28. The number of allylic oxidation sites excluding steroid dienone is 11. The van der Waals surface area contributed by atoms with Crippen LogP contribution in [0.4, 0.5) is 0 Å². The molecule has 0 spiro atoms. The van der Waals surface area contributed by atoms with Crippen molar-refractivity contribution in [2.75, 3.05) is 6.61 Å². The molecule has 0 saturated heterocycles. The van der Waals surface area contributed by atoms with Crippen molar-refractivity contribution in [3.8, 4) is 0 Å². The highest BCUT2D eigenvalue weighted by molar-refractivity contribution is 5.77. The number of esters is 1. The smallest absolute Gasteiger partial charge is 0.306 e. The van der Waals surface area contributed by atoms with Crippen molar-refractivity contribution >= 4 is 11.9 Å². The summed E-state index contributed by atoms with van der Waals surface area (Å²) in [6.07, 6.45) is 64.2. The molecule has 1 amide bonds. The minimum atomic E-state index is -0.821. The van der Waals surface area contributed by atoms with Crippen molar-refractivity contribution in [2.24, 2.45) is 0 Å². The van der Waals surface area contributed by atoms with Crippen molar-refractivity contribution in [3.05, 3.63) is 72.9 Å². The third kappa shape index (κ3) is 45.7. The number of rotatable bonds is 47. The van der Waals surface area contributed by atoms with E-state index in [9.17, 15) is 19.8 Å². The summed E-state index contributed by atoms with van der Waals surface area (Å²) in [6.45, 7) is 6.31. The Hall–Kier alpha value is -2.70. The quantitative estimate of drug-likeness (QED) is 0.0245. The number of hydrogen-bond acceptors (Lipinski definition) is 5. The summed E-state index contributed by atoms with van der Waals surface area (Å²) < 4.78 is 5.84. The second-order valence-corrected chi connectivity index (χ2v) is 18.0. The first-order chi connectivity index (χ1) is 31.0. The van der Waals surface area contributed by atoms with E-state index >= 15 is 0 Å². The largest absolute Gasteiger partial charge is 0.461 e. The van der Waals surface area contributed by atoms with E-state index in [0.29, 0.717) is 19.3 Å². The summed E-state index contributed by atoms with van der Waals surface area (Å²) in [5, 5.41) is 23.7. The fraction of sp³-hybridized carbons (Fsp3) is 0.754. The van der Waals surface area contributed by atoms with Gasteiger partial charge < -0.3 is 20.3 Å². The van der Waals surface area contributed by atoms with Gasteiger partial charge in [0.1, 0.15) is 6.10 Å². The molecule has 0 heterocycles. The van der Waals surface area contributed by atoms with Gasteiger partial charge in [0.2, 0.25) is 5.91 Å². The fourth-order valence-corrected chi connectivity index (χ4v) is 7.86. The number of aliphatic hydroxyl groups excluding tert-OH is 2. The lowest BCUT2D eigenvalue weighted by molar-refractivity contribution is -0.150. The van der Waals surface area contributed by atoms with Gasteiger partial charge in [0.25, 0.3) is 0 Å². The highest BCUT2D eigenvalue weighted by Crippen LogP contribution is 2.17. The van der Waals surface area contributed by atoms with Crippen LogP contribution >= 0.6 is 0 Å². The van der Waals surface area contributed by atoms with Crippen LogP contribution < -0.4 is 5.32 Å². The average Bonchev–Trinajstić information content (AvgIpc) is 3.28.